The first-order valence-electron chi connectivity index (χ1n) is 9.81. The van der Waals surface area contributed by atoms with Crippen LogP contribution in [-0.2, 0) is 6.54 Å². The predicted molar refractivity (Wildman–Crippen MR) is 118 cm³/mol. The van der Waals surface area contributed by atoms with Gasteiger partial charge in [0.15, 0.2) is 17.2 Å². The Morgan fingerprint density at radius 1 is 1.00 bits per heavy atom. The zero-order valence-electron chi connectivity index (χ0n) is 16.7. The highest BCUT2D eigenvalue weighted by Crippen LogP contribution is 2.21. The summed E-state index contributed by atoms with van der Waals surface area (Å²) in [6, 6.07) is 21.8. The molecule has 1 N–H and O–H groups in total. The van der Waals surface area contributed by atoms with Crippen molar-refractivity contribution in [1.29, 1.82) is 0 Å². The Labute approximate surface area is 177 Å². The second-order valence-electron chi connectivity index (χ2n) is 7.21. The molecule has 0 aliphatic rings. The fraction of sp³-hybridized carbons (Fsp3) is 0.0833. The Bertz CT molecular complexity index is 1490. The number of carbonyl (C=O) groups excluding carboxylic acids is 1. The van der Waals surface area contributed by atoms with E-state index in [1.54, 1.807) is 49.4 Å². The fourth-order valence-electron chi connectivity index (χ4n) is 3.58. The van der Waals surface area contributed by atoms with Gasteiger partial charge in [0.05, 0.1) is 11.9 Å². The number of rotatable bonds is 4. The summed E-state index contributed by atoms with van der Waals surface area (Å²) in [4.78, 5) is 30.4. The van der Waals surface area contributed by atoms with Crippen molar-refractivity contribution in [3.8, 4) is 0 Å². The minimum Gasteiger partial charge on any atom is -0.441 e. The van der Waals surface area contributed by atoms with E-state index in [1.807, 2.05) is 30.3 Å². The van der Waals surface area contributed by atoms with Crippen LogP contribution < -0.4 is 10.9 Å². The second kappa shape index (κ2) is 7.53. The molecule has 3 aromatic carbocycles. The van der Waals surface area contributed by atoms with Crippen LogP contribution in [0.3, 0.4) is 0 Å². The van der Waals surface area contributed by atoms with E-state index >= 15 is 0 Å². The van der Waals surface area contributed by atoms with E-state index in [0.717, 1.165) is 5.56 Å². The van der Waals surface area contributed by atoms with E-state index < -0.39 is 5.91 Å². The van der Waals surface area contributed by atoms with Gasteiger partial charge in [-0.15, -0.1) is 0 Å². The van der Waals surface area contributed by atoms with Crippen LogP contribution in [0.1, 0.15) is 21.9 Å². The summed E-state index contributed by atoms with van der Waals surface area (Å²) in [5, 5.41) is 8.23. The number of aromatic nitrogens is 3. The topological polar surface area (TPSA) is 90.0 Å². The average molecular weight is 410 g/mol. The summed E-state index contributed by atoms with van der Waals surface area (Å²) in [5.41, 5.74) is 2.73. The first-order chi connectivity index (χ1) is 15.1. The van der Waals surface area contributed by atoms with Gasteiger partial charge in [0.1, 0.15) is 5.52 Å². The van der Waals surface area contributed by atoms with Gasteiger partial charge in [0, 0.05) is 18.0 Å². The zero-order valence-corrected chi connectivity index (χ0v) is 16.7. The summed E-state index contributed by atoms with van der Waals surface area (Å²) in [5.74, 6) is 0.150. The lowest BCUT2D eigenvalue weighted by Gasteiger charge is -2.11. The molecule has 0 aliphatic heterocycles. The number of hydrogen-bond acceptors (Lipinski definition) is 5. The van der Waals surface area contributed by atoms with Crippen molar-refractivity contribution in [2.24, 2.45) is 0 Å². The van der Waals surface area contributed by atoms with Crippen molar-refractivity contribution in [3.63, 3.8) is 0 Å². The number of nitrogens with one attached hydrogen (secondary N) is 1. The third kappa shape index (κ3) is 3.57. The van der Waals surface area contributed by atoms with E-state index in [2.05, 4.69) is 15.4 Å². The van der Waals surface area contributed by atoms with Crippen LogP contribution in [-0.4, -0.2) is 20.7 Å². The van der Waals surface area contributed by atoms with Gasteiger partial charge >= 0.3 is 0 Å². The van der Waals surface area contributed by atoms with Crippen molar-refractivity contribution in [3.05, 3.63) is 100 Å². The highest BCUT2D eigenvalue weighted by atomic mass is 16.3. The van der Waals surface area contributed by atoms with E-state index in [9.17, 15) is 9.59 Å². The van der Waals surface area contributed by atoms with Crippen LogP contribution in [0.25, 0.3) is 21.9 Å². The van der Waals surface area contributed by atoms with Gasteiger partial charge in [0.2, 0.25) is 0 Å². The van der Waals surface area contributed by atoms with Gasteiger partial charge in [-0.05, 0) is 29.8 Å². The first-order valence-corrected chi connectivity index (χ1v) is 9.81. The molecule has 31 heavy (non-hydrogen) atoms. The highest BCUT2D eigenvalue weighted by Gasteiger charge is 2.17. The molecular formula is C24H18N4O3. The molecule has 0 saturated carbocycles. The first kappa shape index (κ1) is 18.7. The third-order valence-corrected chi connectivity index (χ3v) is 5.01. The Balaban J connectivity index is 1.56. The number of carbonyl (C=O) groups is 1. The Hall–Kier alpha value is -4.26. The smallest absolute Gasteiger partial charge is 0.276 e. The summed E-state index contributed by atoms with van der Waals surface area (Å²) in [6.45, 7) is 2.04. The van der Waals surface area contributed by atoms with Gasteiger partial charge in [-0.3, -0.25) is 9.59 Å². The van der Waals surface area contributed by atoms with E-state index in [-0.39, 0.29) is 17.8 Å². The Morgan fingerprint density at radius 2 is 1.74 bits per heavy atom. The van der Waals surface area contributed by atoms with Crippen LogP contribution in [0, 0.1) is 6.92 Å². The minimum absolute atomic E-state index is 0.183. The summed E-state index contributed by atoms with van der Waals surface area (Å²) < 4.78 is 6.81. The lowest BCUT2D eigenvalue weighted by molar-refractivity contribution is 0.102. The quantitative estimate of drug-likeness (QED) is 0.481. The molecule has 0 spiro atoms. The number of nitrogens with zero attached hydrogens (tertiary/aromatic N) is 3. The normalized spacial score (nSPS) is 11.1. The molecule has 0 radical (unpaired) electrons. The van der Waals surface area contributed by atoms with Crippen LogP contribution in [0.15, 0.2) is 82.0 Å². The van der Waals surface area contributed by atoms with Gasteiger partial charge in [-0.25, -0.2) is 9.67 Å². The van der Waals surface area contributed by atoms with Crippen molar-refractivity contribution in [1.82, 2.24) is 14.8 Å². The third-order valence-electron chi connectivity index (χ3n) is 5.01. The van der Waals surface area contributed by atoms with E-state index in [4.69, 9.17) is 4.42 Å². The van der Waals surface area contributed by atoms with Gasteiger partial charge in [-0.1, -0.05) is 48.5 Å². The molecule has 152 valence electrons. The molecule has 1 amide bonds. The largest absolute Gasteiger partial charge is 0.441 e. The maximum absolute atomic E-state index is 13.2. The van der Waals surface area contributed by atoms with Crippen LogP contribution in [0.2, 0.25) is 0 Å². The molecule has 2 heterocycles. The predicted octanol–water partition coefficient (Wildman–Crippen LogP) is 4.15. The molecular weight excluding hydrogens is 392 g/mol. The van der Waals surface area contributed by atoms with E-state index in [0.29, 0.717) is 33.5 Å². The molecule has 2 aromatic heterocycles. The second-order valence-corrected chi connectivity index (χ2v) is 7.21. The van der Waals surface area contributed by atoms with Crippen LogP contribution >= 0.6 is 0 Å². The van der Waals surface area contributed by atoms with E-state index in [1.165, 1.54) is 4.68 Å². The van der Waals surface area contributed by atoms with Crippen LogP contribution in [0.5, 0.6) is 0 Å². The zero-order chi connectivity index (χ0) is 21.4. The lowest BCUT2D eigenvalue weighted by atomic mass is 10.1. The molecule has 0 aliphatic carbocycles. The van der Waals surface area contributed by atoms with Crippen molar-refractivity contribution >= 4 is 33.5 Å². The molecule has 0 unspecified atom stereocenters. The molecule has 5 aromatic rings. The Kier molecular flexibility index (Phi) is 4.55. The maximum atomic E-state index is 13.2. The van der Waals surface area contributed by atoms with Gasteiger partial charge < -0.3 is 9.73 Å². The number of aryl methyl sites for hydroxylation is 1. The molecule has 7 heteroatoms. The maximum Gasteiger partial charge on any atom is 0.276 e. The summed E-state index contributed by atoms with van der Waals surface area (Å²) in [6.07, 6.45) is 0. The van der Waals surface area contributed by atoms with Crippen LogP contribution in [0.4, 0.5) is 5.69 Å². The number of hydrogen-bond donors (Lipinski definition) is 1. The number of oxazole rings is 1. The fourth-order valence-corrected chi connectivity index (χ4v) is 3.58. The number of anilines is 1. The summed E-state index contributed by atoms with van der Waals surface area (Å²) >= 11 is 0. The molecule has 0 atom stereocenters. The van der Waals surface area contributed by atoms with Gasteiger partial charge in [-0.2, -0.15) is 5.10 Å². The molecule has 5 rings (SSSR count). The lowest BCUT2D eigenvalue weighted by Crippen LogP contribution is -2.28. The monoisotopic (exact) mass is 410 g/mol. The molecule has 0 bridgehead atoms. The standard InChI is InChI=1S/C24H18N4O3/c1-15-25-20-13-17(11-12-21(20)31-15)26-23(29)22-18-9-5-6-10-19(18)24(30)28(27-22)14-16-7-3-2-4-8-16/h2-13H,14H2,1H3,(H,26,29). The number of benzene rings is 3. The summed E-state index contributed by atoms with van der Waals surface area (Å²) in [7, 11) is 0. The molecule has 7 nitrogen and oxygen atoms in total. The number of amides is 1. The molecule has 0 fully saturated rings. The van der Waals surface area contributed by atoms with Crippen molar-refractivity contribution in [2.45, 2.75) is 13.5 Å². The highest BCUT2D eigenvalue weighted by molar-refractivity contribution is 6.11. The Morgan fingerprint density at radius 3 is 2.55 bits per heavy atom. The number of fused-ring (bicyclic) bond motifs is 2. The minimum atomic E-state index is -0.405. The average Bonchev–Trinajstić information content (AvgIpc) is 3.15. The van der Waals surface area contributed by atoms with Crippen molar-refractivity contribution in [2.75, 3.05) is 5.32 Å². The SMILES string of the molecule is Cc1nc2cc(NC(=O)c3nn(Cc4ccccc4)c(=O)c4ccccc34)ccc2o1. The van der Waals surface area contributed by atoms with Gasteiger partial charge in [0.25, 0.3) is 11.5 Å². The van der Waals surface area contributed by atoms with Crippen molar-refractivity contribution < 1.29 is 9.21 Å². The molecule has 0 saturated heterocycles.